The molecule has 0 aliphatic heterocycles. The van der Waals surface area contributed by atoms with Crippen LogP contribution in [0.5, 0.6) is 0 Å². The van der Waals surface area contributed by atoms with Crippen molar-refractivity contribution in [2.24, 2.45) is 5.92 Å². The number of aliphatic hydroxyl groups is 1. The van der Waals surface area contributed by atoms with Gasteiger partial charge >= 0.3 is 39.5 Å². The molecular weight excluding hydrogens is 1320 g/mol. The quantitative estimate of drug-likeness (QED) is 0.0222. The van der Waals surface area contributed by atoms with E-state index in [0.717, 1.165) is 102 Å². The number of ether oxygens (including phenoxy) is 4. The molecule has 0 aliphatic carbocycles. The van der Waals surface area contributed by atoms with Crippen molar-refractivity contribution in [3.63, 3.8) is 0 Å². The maximum absolute atomic E-state index is 13.1. The zero-order valence-electron chi connectivity index (χ0n) is 66.1. The van der Waals surface area contributed by atoms with Crippen LogP contribution >= 0.6 is 15.6 Å². The number of phosphoric acid groups is 2. The highest BCUT2D eigenvalue weighted by Crippen LogP contribution is 2.45. The summed E-state index contributed by atoms with van der Waals surface area (Å²) < 4.78 is 68.5. The third kappa shape index (κ3) is 76.1. The molecular formula is C82H160O17P2. The van der Waals surface area contributed by atoms with Crippen LogP contribution < -0.4 is 0 Å². The van der Waals surface area contributed by atoms with Gasteiger partial charge in [-0.1, -0.05) is 388 Å². The van der Waals surface area contributed by atoms with Crippen molar-refractivity contribution >= 4 is 39.5 Å². The summed E-state index contributed by atoms with van der Waals surface area (Å²) in [6, 6.07) is 0. The van der Waals surface area contributed by atoms with Crippen molar-refractivity contribution < 1.29 is 80.2 Å². The molecule has 0 saturated heterocycles. The molecule has 0 fully saturated rings. The molecule has 0 aromatic rings. The van der Waals surface area contributed by atoms with Gasteiger partial charge in [-0.05, 0) is 31.6 Å². The Morgan fingerprint density at radius 2 is 0.455 bits per heavy atom. The topological polar surface area (TPSA) is 237 Å². The molecule has 0 aromatic heterocycles. The lowest BCUT2D eigenvalue weighted by molar-refractivity contribution is -0.161. The largest absolute Gasteiger partial charge is 0.472 e. The fourth-order valence-electron chi connectivity index (χ4n) is 12.8. The minimum absolute atomic E-state index is 0.107. The van der Waals surface area contributed by atoms with E-state index in [2.05, 4.69) is 34.6 Å². The van der Waals surface area contributed by atoms with Gasteiger partial charge in [-0.15, -0.1) is 0 Å². The molecule has 0 aromatic carbocycles. The Morgan fingerprint density at radius 3 is 0.673 bits per heavy atom. The summed E-state index contributed by atoms with van der Waals surface area (Å²) in [6.07, 6.45) is 67.2. The molecule has 17 nitrogen and oxygen atoms in total. The summed E-state index contributed by atoms with van der Waals surface area (Å²) in [6.45, 7) is 7.27. The van der Waals surface area contributed by atoms with Crippen LogP contribution in [0, 0.1) is 5.92 Å². The fourth-order valence-corrected chi connectivity index (χ4v) is 14.3. The maximum Gasteiger partial charge on any atom is 0.472 e. The average molecular weight is 1480 g/mol. The van der Waals surface area contributed by atoms with Gasteiger partial charge in [0.2, 0.25) is 0 Å². The standard InChI is InChI=1S/C82H160O17P2/c1-6-9-12-15-17-19-21-23-25-27-29-31-33-35-40-44-48-52-57-63-68-82(87)99-78(72-93-80(85)66-61-56-51-47-43-39-34-32-30-28-26-24-22-20-18-16-13-10-7-2)74-97-101(90,91)95-70-76(83)69-94-100(88,89)96-73-77(71-92-79(84)65-60-54-14-11-8-3)98-81(86)67-62-58-53-49-45-41-37-36-38-42-46-50-55-59-64-75(4)5/h75-78,83H,6-74H2,1-5H3,(H,88,89)(H,90,91)/t76-,77+,78+/m0/s1. The number of aliphatic hydroxyl groups excluding tert-OH is 1. The van der Waals surface area contributed by atoms with E-state index in [0.29, 0.717) is 25.7 Å². The molecule has 0 saturated carbocycles. The number of hydrogen-bond acceptors (Lipinski definition) is 15. The molecule has 2 unspecified atom stereocenters. The van der Waals surface area contributed by atoms with Crippen molar-refractivity contribution in [3.05, 3.63) is 0 Å². The van der Waals surface area contributed by atoms with E-state index < -0.39 is 97.5 Å². The number of phosphoric ester groups is 2. The SMILES string of the molecule is CCCCCCCCCCCCCCCCCCCCCCC(=O)O[C@H](COC(=O)CCCCCCCCCCCCCCCCCCCCC)COP(=O)(O)OC[C@@H](O)COP(=O)(O)OC[C@@H](COC(=O)CCCCCCC)OC(=O)CCCCCCCCCCCCCCCCC(C)C. The van der Waals surface area contributed by atoms with Gasteiger partial charge in [-0.25, -0.2) is 9.13 Å². The Morgan fingerprint density at radius 1 is 0.267 bits per heavy atom. The molecule has 0 spiro atoms. The number of rotatable bonds is 82. The molecule has 0 bridgehead atoms. The Labute approximate surface area is 619 Å². The van der Waals surface area contributed by atoms with E-state index in [-0.39, 0.29) is 25.7 Å². The summed E-state index contributed by atoms with van der Waals surface area (Å²) >= 11 is 0. The van der Waals surface area contributed by atoms with Crippen LogP contribution in [-0.4, -0.2) is 96.7 Å². The van der Waals surface area contributed by atoms with Gasteiger partial charge in [0, 0.05) is 25.7 Å². The fraction of sp³-hybridized carbons (Fsp3) is 0.951. The van der Waals surface area contributed by atoms with Gasteiger partial charge in [0.25, 0.3) is 0 Å². The summed E-state index contributed by atoms with van der Waals surface area (Å²) in [5.41, 5.74) is 0. The zero-order chi connectivity index (χ0) is 74.1. The van der Waals surface area contributed by atoms with Gasteiger partial charge in [0.1, 0.15) is 19.3 Å². The Kier molecular flexibility index (Phi) is 73.5. The summed E-state index contributed by atoms with van der Waals surface area (Å²) in [7, 11) is -9.91. The lowest BCUT2D eigenvalue weighted by Gasteiger charge is -2.21. The highest BCUT2D eigenvalue weighted by molar-refractivity contribution is 7.47. The Hall–Kier alpha value is -1.94. The molecule has 0 amide bonds. The minimum Gasteiger partial charge on any atom is -0.462 e. The summed E-state index contributed by atoms with van der Waals surface area (Å²) in [5.74, 6) is -1.32. The van der Waals surface area contributed by atoms with Gasteiger partial charge < -0.3 is 33.8 Å². The highest BCUT2D eigenvalue weighted by Gasteiger charge is 2.30. The number of hydrogen-bond donors (Lipinski definition) is 3. The second-order valence-electron chi connectivity index (χ2n) is 30.0. The van der Waals surface area contributed by atoms with E-state index >= 15 is 0 Å². The average Bonchev–Trinajstić information content (AvgIpc) is 0.942. The number of carbonyl (C=O) groups excluding carboxylic acids is 4. The van der Waals surface area contributed by atoms with Crippen molar-refractivity contribution in [2.75, 3.05) is 39.6 Å². The molecule has 0 aliphatic rings. The third-order valence-electron chi connectivity index (χ3n) is 19.3. The van der Waals surface area contributed by atoms with Crippen LogP contribution in [0.1, 0.15) is 439 Å². The van der Waals surface area contributed by atoms with Crippen LogP contribution in [0.15, 0.2) is 0 Å². The third-order valence-corrected chi connectivity index (χ3v) is 21.2. The second-order valence-corrected chi connectivity index (χ2v) is 32.9. The van der Waals surface area contributed by atoms with E-state index in [4.69, 9.17) is 37.0 Å². The molecule has 0 heterocycles. The lowest BCUT2D eigenvalue weighted by atomic mass is 10.0. The summed E-state index contributed by atoms with van der Waals surface area (Å²) in [5, 5.41) is 10.6. The molecule has 3 N–H and O–H groups in total. The predicted octanol–water partition coefficient (Wildman–Crippen LogP) is 24.8. The lowest BCUT2D eigenvalue weighted by Crippen LogP contribution is -2.30. The van der Waals surface area contributed by atoms with Crippen molar-refractivity contribution in [3.8, 4) is 0 Å². The Bertz CT molecular complexity index is 1930. The first-order chi connectivity index (χ1) is 49.0. The molecule has 0 rings (SSSR count). The number of esters is 4. The first kappa shape index (κ1) is 99.1. The van der Waals surface area contributed by atoms with Crippen LogP contribution in [0.25, 0.3) is 0 Å². The van der Waals surface area contributed by atoms with Gasteiger partial charge in [0.15, 0.2) is 12.2 Å². The zero-order valence-corrected chi connectivity index (χ0v) is 67.8. The van der Waals surface area contributed by atoms with Crippen LogP contribution in [0.4, 0.5) is 0 Å². The molecule has 101 heavy (non-hydrogen) atoms. The van der Waals surface area contributed by atoms with Gasteiger partial charge in [-0.3, -0.25) is 37.3 Å². The van der Waals surface area contributed by atoms with E-state index in [9.17, 15) is 43.2 Å². The summed E-state index contributed by atoms with van der Waals surface area (Å²) in [4.78, 5) is 72.8. The Balaban J connectivity index is 5.11. The van der Waals surface area contributed by atoms with Crippen molar-refractivity contribution in [1.82, 2.24) is 0 Å². The van der Waals surface area contributed by atoms with E-state index in [1.807, 2.05) is 0 Å². The molecule has 0 radical (unpaired) electrons. The van der Waals surface area contributed by atoms with Crippen LogP contribution in [0.2, 0.25) is 0 Å². The van der Waals surface area contributed by atoms with Crippen LogP contribution in [-0.2, 0) is 65.4 Å². The van der Waals surface area contributed by atoms with E-state index in [1.165, 1.54) is 257 Å². The smallest absolute Gasteiger partial charge is 0.462 e. The maximum atomic E-state index is 13.1. The first-order valence-corrected chi connectivity index (χ1v) is 45.6. The molecule has 5 atom stereocenters. The normalized spacial score (nSPS) is 13.8. The van der Waals surface area contributed by atoms with Crippen molar-refractivity contribution in [2.45, 2.75) is 457 Å². The molecule has 19 heteroatoms. The molecule has 600 valence electrons. The predicted molar refractivity (Wildman–Crippen MR) is 414 cm³/mol. The van der Waals surface area contributed by atoms with Crippen LogP contribution in [0.3, 0.4) is 0 Å². The minimum atomic E-state index is -4.96. The first-order valence-electron chi connectivity index (χ1n) is 42.6. The van der Waals surface area contributed by atoms with Gasteiger partial charge in [0.05, 0.1) is 26.4 Å². The van der Waals surface area contributed by atoms with Gasteiger partial charge in [-0.2, -0.15) is 0 Å². The number of carbonyl (C=O) groups is 4. The number of unbranched alkanes of at least 4 members (excludes halogenated alkanes) is 54. The van der Waals surface area contributed by atoms with E-state index in [1.54, 1.807) is 0 Å². The second kappa shape index (κ2) is 74.9. The monoisotopic (exact) mass is 1480 g/mol. The van der Waals surface area contributed by atoms with Crippen molar-refractivity contribution in [1.29, 1.82) is 0 Å². The highest BCUT2D eigenvalue weighted by atomic mass is 31.2.